The first-order chi connectivity index (χ1) is 16.1. The summed E-state index contributed by atoms with van der Waals surface area (Å²) >= 11 is 0. The number of carbonyl (C=O) groups excluding carboxylic acids is 1. The predicted molar refractivity (Wildman–Crippen MR) is 121 cm³/mol. The molecule has 13 nitrogen and oxygen atoms in total. The Balaban J connectivity index is 1.76. The zero-order valence-corrected chi connectivity index (χ0v) is 18.1. The fourth-order valence-corrected chi connectivity index (χ4v) is 3.66. The number of carboxylic acid groups (broad SMARTS) is 2. The van der Waals surface area contributed by atoms with Gasteiger partial charge in [-0.05, 0) is 30.7 Å². The molecule has 13 heteroatoms. The van der Waals surface area contributed by atoms with Crippen molar-refractivity contribution in [2.45, 2.75) is 24.9 Å². The SMILES string of the molecule is C=C(N)/N=C1/NC[C@@H]2C[N+](c3ccc(C(=O)N[C@@H](CCC(=O)O)C(=O)O)cc3)=CN2/C1=C(/N)O. The third-order valence-electron chi connectivity index (χ3n) is 5.26. The number of aliphatic hydroxyl groups excluding tert-OH is 1. The molecule has 180 valence electrons. The molecule has 1 saturated heterocycles. The quantitative estimate of drug-likeness (QED) is 0.185. The van der Waals surface area contributed by atoms with Crippen molar-refractivity contribution in [1.82, 2.24) is 15.5 Å². The topological polar surface area (TPSA) is 207 Å². The van der Waals surface area contributed by atoms with E-state index in [1.54, 1.807) is 23.4 Å². The van der Waals surface area contributed by atoms with Crippen LogP contribution < -0.4 is 22.1 Å². The lowest BCUT2D eigenvalue weighted by Gasteiger charge is -2.27. The molecular formula is C21H26N7O6+. The Morgan fingerprint density at radius 3 is 2.47 bits per heavy atom. The van der Waals surface area contributed by atoms with Crippen LogP contribution in [0.1, 0.15) is 23.2 Å². The normalized spacial score (nSPS) is 20.6. The largest absolute Gasteiger partial charge is 0.492 e. The Morgan fingerprint density at radius 1 is 1.24 bits per heavy atom. The van der Waals surface area contributed by atoms with E-state index in [1.807, 2.05) is 4.58 Å². The van der Waals surface area contributed by atoms with Crippen LogP contribution in [-0.4, -0.2) is 80.0 Å². The van der Waals surface area contributed by atoms with Gasteiger partial charge in [-0.15, -0.1) is 0 Å². The summed E-state index contributed by atoms with van der Waals surface area (Å²) in [6, 6.07) is 5.06. The summed E-state index contributed by atoms with van der Waals surface area (Å²) in [5.74, 6) is -3.17. The third-order valence-corrected chi connectivity index (χ3v) is 5.26. The van der Waals surface area contributed by atoms with E-state index in [2.05, 4.69) is 22.2 Å². The maximum atomic E-state index is 12.4. The summed E-state index contributed by atoms with van der Waals surface area (Å²) in [7, 11) is 0. The molecule has 0 spiro atoms. The molecule has 1 aromatic rings. The molecule has 0 bridgehead atoms. The van der Waals surface area contributed by atoms with Gasteiger partial charge in [-0.25, -0.2) is 19.3 Å². The van der Waals surface area contributed by atoms with Crippen molar-refractivity contribution in [3.05, 3.63) is 53.8 Å². The van der Waals surface area contributed by atoms with Gasteiger partial charge in [-0.1, -0.05) is 6.58 Å². The number of nitrogens with two attached hydrogens (primary N) is 2. The van der Waals surface area contributed by atoms with Crippen LogP contribution in [0, 0.1) is 0 Å². The number of aliphatic hydroxyl groups is 1. The molecule has 2 atom stereocenters. The Kier molecular flexibility index (Phi) is 7.04. The summed E-state index contributed by atoms with van der Waals surface area (Å²) in [5, 5.41) is 33.4. The minimum absolute atomic E-state index is 0.0534. The molecule has 3 rings (SSSR count). The van der Waals surface area contributed by atoms with Crippen molar-refractivity contribution in [2.24, 2.45) is 16.5 Å². The van der Waals surface area contributed by atoms with Gasteiger partial charge in [0.1, 0.15) is 24.1 Å². The number of nitrogens with one attached hydrogen (secondary N) is 2. The maximum absolute atomic E-state index is 12.4. The van der Waals surface area contributed by atoms with Crippen LogP contribution in [-0.2, 0) is 9.59 Å². The number of fused-ring (bicyclic) bond motifs is 1. The lowest BCUT2D eigenvalue weighted by Crippen LogP contribution is -2.52. The van der Waals surface area contributed by atoms with Gasteiger partial charge in [0, 0.05) is 12.0 Å². The number of amides is 1. The van der Waals surface area contributed by atoms with E-state index < -0.39 is 29.8 Å². The molecule has 1 amide bonds. The zero-order chi connectivity index (χ0) is 25.0. The van der Waals surface area contributed by atoms with E-state index in [9.17, 15) is 24.6 Å². The van der Waals surface area contributed by atoms with E-state index in [0.717, 1.165) is 5.69 Å². The molecule has 2 aliphatic heterocycles. The number of amidine groups is 1. The molecule has 9 N–H and O–H groups in total. The monoisotopic (exact) mass is 472 g/mol. The highest BCUT2D eigenvalue weighted by Gasteiger charge is 2.42. The fourth-order valence-electron chi connectivity index (χ4n) is 3.66. The summed E-state index contributed by atoms with van der Waals surface area (Å²) in [4.78, 5) is 40.3. The van der Waals surface area contributed by atoms with E-state index in [-0.39, 0.29) is 36.0 Å². The van der Waals surface area contributed by atoms with E-state index in [0.29, 0.717) is 18.9 Å². The van der Waals surface area contributed by atoms with E-state index in [4.69, 9.17) is 16.6 Å². The van der Waals surface area contributed by atoms with Gasteiger partial charge in [0.25, 0.3) is 5.91 Å². The highest BCUT2D eigenvalue weighted by Crippen LogP contribution is 2.24. The Hall–Kier alpha value is -4.55. The fraction of sp³-hybridized carbons (Fsp3) is 0.286. The number of nitrogens with zero attached hydrogens (tertiary/aromatic N) is 3. The van der Waals surface area contributed by atoms with Crippen molar-refractivity contribution in [3.8, 4) is 0 Å². The molecule has 1 fully saturated rings. The minimum atomic E-state index is -1.31. The second-order valence-corrected chi connectivity index (χ2v) is 7.74. The Morgan fingerprint density at radius 2 is 1.91 bits per heavy atom. The molecule has 1 aromatic carbocycles. The van der Waals surface area contributed by atoms with E-state index in [1.165, 1.54) is 12.1 Å². The predicted octanol–water partition coefficient (Wildman–Crippen LogP) is -0.792. The number of aliphatic imine (C=N–C) groups is 1. The second kappa shape index (κ2) is 9.94. The molecule has 2 heterocycles. The molecule has 0 unspecified atom stereocenters. The molecule has 0 aliphatic carbocycles. The van der Waals surface area contributed by atoms with Crippen LogP contribution in [0.2, 0.25) is 0 Å². The van der Waals surface area contributed by atoms with Crippen LogP contribution in [0.4, 0.5) is 5.69 Å². The lowest BCUT2D eigenvalue weighted by atomic mass is 10.1. The number of aliphatic carboxylic acids is 2. The van der Waals surface area contributed by atoms with Gasteiger partial charge in [0.15, 0.2) is 11.9 Å². The average Bonchev–Trinajstić information content (AvgIpc) is 3.19. The number of hydrogen-bond donors (Lipinski definition) is 7. The summed E-state index contributed by atoms with van der Waals surface area (Å²) < 4.78 is 1.89. The first kappa shape index (κ1) is 24.1. The van der Waals surface area contributed by atoms with Crippen molar-refractivity contribution in [1.29, 1.82) is 0 Å². The van der Waals surface area contributed by atoms with Crippen LogP contribution in [0.3, 0.4) is 0 Å². The second-order valence-electron chi connectivity index (χ2n) is 7.74. The summed E-state index contributed by atoms with van der Waals surface area (Å²) in [5.41, 5.74) is 12.5. The van der Waals surface area contributed by atoms with Gasteiger partial charge in [-0.2, -0.15) is 0 Å². The van der Waals surface area contributed by atoms with Crippen LogP contribution >= 0.6 is 0 Å². The third kappa shape index (κ3) is 5.43. The molecule has 0 saturated carbocycles. The van der Waals surface area contributed by atoms with Crippen molar-refractivity contribution in [3.63, 3.8) is 0 Å². The number of rotatable bonds is 8. The maximum Gasteiger partial charge on any atom is 0.326 e. The van der Waals surface area contributed by atoms with Gasteiger partial charge < -0.3 is 37.4 Å². The van der Waals surface area contributed by atoms with Gasteiger partial charge in [0.05, 0.1) is 6.54 Å². The summed E-state index contributed by atoms with van der Waals surface area (Å²) in [6.07, 6.45) is 1.14. The first-order valence-corrected chi connectivity index (χ1v) is 10.3. The van der Waals surface area contributed by atoms with Gasteiger partial charge >= 0.3 is 11.9 Å². The average molecular weight is 472 g/mol. The number of carboxylic acids is 2. The zero-order valence-electron chi connectivity index (χ0n) is 18.1. The highest BCUT2D eigenvalue weighted by molar-refractivity contribution is 6.01. The van der Waals surface area contributed by atoms with E-state index >= 15 is 0 Å². The first-order valence-electron chi connectivity index (χ1n) is 10.3. The Bertz CT molecular complexity index is 1110. The molecule has 34 heavy (non-hydrogen) atoms. The molecular weight excluding hydrogens is 446 g/mol. The minimum Gasteiger partial charge on any atom is -0.492 e. The molecule has 0 aromatic heterocycles. The van der Waals surface area contributed by atoms with Crippen LogP contribution in [0.5, 0.6) is 0 Å². The number of hydrogen-bond acceptors (Lipinski definition) is 8. The standard InChI is InChI=1S/C21H25N7O6/c1-11(22)25-19-17(18(23)31)28-10-27(9-14(28)8-24-19)13-4-2-12(3-5-13)20(32)26-15(21(33)34)6-7-16(29)30/h2-5,10,14-15H,1,6-9,22H2,(H6-,23,24,25,26,29,30,31,32,33,34)/p+1/t14-,15+/m1/s1. The van der Waals surface area contributed by atoms with Crippen LogP contribution in [0.25, 0.3) is 0 Å². The van der Waals surface area contributed by atoms with Crippen molar-refractivity contribution < 1.29 is 34.3 Å². The molecule has 2 aliphatic rings. The van der Waals surface area contributed by atoms with Crippen LogP contribution in [0.15, 0.2) is 53.2 Å². The van der Waals surface area contributed by atoms with Gasteiger partial charge in [0.2, 0.25) is 17.9 Å². The lowest BCUT2D eigenvalue weighted by molar-refractivity contribution is -0.428. The number of piperazine rings is 1. The van der Waals surface area contributed by atoms with Crippen molar-refractivity contribution in [2.75, 3.05) is 13.1 Å². The summed E-state index contributed by atoms with van der Waals surface area (Å²) in [6.45, 7) is 4.58. The highest BCUT2D eigenvalue weighted by atomic mass is 16.4. The number of carbonyl (C=O) groups is 3. The van der Waals surface area contributed by atoms with Crippen molar-refractivity contribution >= 4 is 35.7 Å². The molecule has 0 radical (unpaired) electrons. The van der Waals surface area contributed by atoms with Gasteiger partial charge in [-0.3, -0.25) is 9.59 Å². The smallest absolute Gasteiger partial charge is 0.326 e. The Labute approximate surface area is 194 Å². The number of benzene rings is 1.